The van der Waals surface area contributed by atoms with Gasteiger partial charge in [0.25, 0.3) is 0 Å². The lowest BCUT2D eigenvalue weighted by atomic mass is 10.0. The summed E-state index contributed by atoms with van der Waals surface area (Å²) in [5, 5.41) is 2.33. The van der Waals surface area contributed by atoms with Crippen molar-refractivity contribution < 1.29 is 9.59 Å². The Labute approximate surface area is 186 Å². The van der Waals surface area contributed by atoms with Gasteiger partial charge >= 0.3 is 0 Å². The molecule has 0 aliphatic carbocycles. The van der Waals surface area contributed by atoms with Gasteiger partial charge in [0.15, 0.2) is 0 Å². The van der Waals surface area contributed by atoms with E-state index in [2.05, 4.69) is 53.2 Å². The van der Waals surface area contributed by atoms with E-state index in [1.165, 1.54) is 23.8 Å². The Balaban J connectivity index is 1.21. The Kier molecular flexibility index (Phi) is 5.59. The van der Waals surface area contributed by atoms with Crippen LogP contribution < -0.4 is 10.2 Å². The zero-order valence-electron chi connectivity index (χ0n) is 17.1. The van der Waals surface area contributed by atoms with Gasteiger partial charge in [-0.05, 0) is 23.1 Å². The summed E-state index contributed by atoms with van der Waals surface area (Å²) in [5.74, 6) is 0.339. The van der Waals surface area contributed by atoms with Crippen molar-refractivity contribution in [3.63, 3.8) is 0 Å². The van der Waals surface area contributed by atoms with E-state index in [0.29, 0.717) is 19.4 Å². The van der Waals surface area contributed by atoms with Crippen molar-refractivity contribution >= 4 is 30.4 Å². The number of hydrogen-bond acceptors (Lipinski definition) is 9. The Bertz CT molecular complexity index is 981. The van der Waals surface area contributed by atoms with Crippen molar-refractivity contribution in [3.05, 3.63) is 47.5 Å². The van der Waals surface area contributed by atoms with E-state index in [1.54, 1.807) is 0 Å². The highest BCUT2D eigenvalue weighted by Gasteiger charge is 2.39. The molecule has 2 amide bonds. The number of hydrogen-bond donors (Lipinski definition) is 2. The highest BCUT2D eigenvalue weighted by Crippen LogP contribution is 2.39. The monoisotopic (exact) mass is 439 g/mol. The summed E-state index contributed by atoms with van der Waals surface area (Å²) in [4.78, 5) is 42.9. The quantitative estimate of drug-likeness (QED) is 0.532. The fraction of sp³-hybridized carbons (Fsp3) is 0.476. The number of thiol groups is 1. The number of fused-ring (bicyclic) bond motifs is 1. The molecule has 2 atom stereocenters. The molecule has 2 fully saturated rings. The molecule has 2 unspecified atom stereocenters. The molecule has 4 heterocycles. The molecule has 5 rings (SSSR count). The Morgan fingerprint density at radius 2 is 1.87 bits per heavy atom. The van der Waals surface area contributed by atoms with Gasteiger partial charge in [-0.2, -0.15) is 12.6 Å². The Morgan fingerprint density at radius 3 is 2.61 bits per heavy atom. The van der Waals surface area contributed by atoms with Gasteiger partial charge in [0, 0.05) is 45.7 Å². The molecule has 1 N–H and O–H groups in total. The second-order valence-corrected chi connectivity index (χ2v) is 8.74. The van der Waals surface area contributed by atoms with E-state index in [9.17, 15) is 9.59 Å². The number of piperazine rings is 1. The molecule has 3 aliphatic rings. The van der Waals surface area contributed by atoms with Gasteiger partial charge in [0.05, 0.1) is 11.4 Å². The standard InChI is InChI=1S/C21H25N7O2S/c29-18-4-3-17(19(30)25-18)28-11-15-9-14(1-2-16(15)20(28)31)10-26-5-7-27(8-6-26)21-23-12-22-13-24-21/h1-2,9,12-13,17,20,31H,3-8,10-11H2,(H,25,29,30). The maximum Gasteiger partial charge on any atom is 0.243 e. The SMILES string of the molecule is O=C1CCC(N2Cc3cc(CN4CCN(c5ncncn5)CC4)ccc3C2S)C(=O)N1. The molecule has 10 heteroatoms. The van der Waals surface area contributed by atoms with E-state index in [0.717, 1.165) is 44.2 Å². The highest BCUT2D eigenvalue weighted by atomic mass is 32.1. The van der Waals surface area contributed by atoms with E-state index in [1.807, 2.05) is 0 Å². The first-order valence-corrected chi connectivity index (χ1v) is 11.1. The number of carbonyl (C=O) groups excluding carboxylic acids is 2. The van der Waals surface area contributed by atoms with E-state index in [4.69, 9.17) is 12.6 Å². The van der Waals surface area contributed by atoms with Crippen LogP contribution in [0.25, 0.3) is 0 Å². The number of rotatable bonds is 4. The number of benzene rings is 1. The van der Waals surface area contributed by atoms with Crippen LogP contribution in [0.2, 0.25) is 0 Å². The molecule has 0 bridgehead atoms. The lowest BCUT2D eigenvalue weighted by Gasteiger charge is -2.34. The highest BCUT2D eigenvalue weighted by molar-refractivity contribution is 7.80. The molecule has 162 valence electrons. The first kappa shape index (κ1) is 20.3. The van der Waals surface area contributed by atoms with Gasteiger partial charge in [-0.1, -0.05) is 18.2 Å². The Morgan fingerprint density at radius 1 is 1.10 bits per heavy atom. The second kappa shape index (κ2) is 8.52. The lowest BCUT2D eigenvalue weighted by molar-refractivity contribution is -0.137. The second-order valence-electron chi connectivity index (χ2n) is 8.25. The van der Waals surface area contributed by atoms with Gasteiger partial charge < -0.3 is 4.90 Å². The minimum Gasteiger partial charge on any atom is -0.338 e. The maximum absolute atomic E-state index is 12.3. The van der Waals surface area contributed by atoms with Crippen LogP contribution in [0.15, 0.2) is 30.9 Å². The molecule has 1 aromatic heterocycles. The molecular weight excluding hydrogens is 414 g/mol. The Hall–Kier alpha value is -2.56. The maximum atomic E-state index is 12.3. The predicted molar refractivity (Wildman–Crippen MR) is 117 cm³/mol. The van der Waals surface area contributed by atoms with Gasteiger partial charge in [0.2, 0.25) is 17.8 Å². The largest absolute Gasteiger partial charge is 0.338 e. The van der Waals surface area contributed by atoms with Crippen LogP contribution in [0.1, 0.15) is 34.9 Å². The number of amides is 2. The van der Waals surface area contributed by atoms with Gasteiger partial charge in [-0.15, -0.1) is 0 Å². The lowest BCUT2D eigenvalue weighted by Crippen LogP contribution is -2.51. The summed E-state index contributed by atoms with van der Waals surface area (Å²) in [7, 11) is 0. The number of carbonyl (C=O) groups is 2. The number of piperidine rings is 1. The minimum absolute atomic E-state index is 0.128. The summed E-state index contributed by atoms with van der Waals surface area (Å²) in [5.41, 5.74) is 3.63. The average Bonchev–Trinajstić information content (AvgIpc) is 3.10. The third-order valence-electron chi connectivity index (χ3n) is 6.30. The van der Waals surface area contributed by atoms with Crippen molar-refractivity contribution in [2.75, 3.05) is 31.1 Å². The molecule has 1 aromatic carbocycles. The first-order valence-electron chi connectivity index (χ1n) is 10.6. The van der Waals surface area contributed by atoms with Crippen LogP contribution in [0.4, 0.5) is 5.95 Å². The van der Waals surface area contributed by atoms with E-state index in [-0.39, 0.29) is 23.2 Å². The first-order chi connectivity index (χ1) is 15.1. The predicted octanol–water partition coefficient (Wildman–Crippen LogP) is 0.743. The van der Waals surface area contributed by atoms with E-state index >= 15 is 0 Å². The van der Waals surface area contributed by atoms with Gasteiger partial charge in [-0.25, -0.2) is 15.0 Å². The number of imide groups is 1. The van der Waals surface area contributed by atoms with Crippen LogP contribution >= 0.6 is 12.6 Å². The molecule has 0 radical (unpaired) electrons. The number of aromatic nitrogens is 3. The molecule has 31 heavy (non-hydrogen) atoms. The molecule has 2 saturated heterocycles. The smallest absolute Gasteiger partial charge is 0.243 e. The normalized spacial score (nSPS) is 24.9. The van der Waals surface area contributed by atoms with Crippen molar-refractivity contribution in [2.24, 2.45) is 0 Å². The number of anilines is 1. The zero-order chi connectivity index (χ0) is 21.4. The van der Waals surface area contributed by atoms with Crippen molar-refractivity contribution in [2.45, 2.75) is 37.3 Å². The van der Waals surface area contributed by atoms with Crippen LogP contribution in [-0.4, -0.2) is 68.8 Å². The third-order valence-corrected chi connectivity index (χ3v) is 6.88. The molecular formula is C21H25N7O2S. The van der Waals surface area contributed by atoms with Crippen LogP contribution in [-0.2, 0) is 22.7 Å². The van der Waals surface area contributed by atoms with Gasteiger partial charge in [0.1, 0.15) is 12.7 Å². The number of nitrogens with one attached hydrogen (secondary N) is 1. The molecule has 0 saturated carbocycles. The topological polar surface area (TPSA) is 94.6 Å². The summed E-state index contributed by atoms with van der Waals surface area (Å²) < 4.78 is 0. The van der Waals surface area contributed by atoms with Gasteiger partial charge in [-0.3, -0.25) is 24.7 Å². The van der Waals surface area contributed by atoms with Crippen LogP contribution in [0.5, 0.6) is 0 Å². The van der Waals surface area contributed by atoms with Crippen molar-refractivity contribution in [1.29, 1.82) is 0 Å². The minimum atomic E-state index is -0.306. The van der Waals surface area contributed by atoms with Crippen LogP contribution in [0.3, 0.4) is 0 Å². The van der Waals surface area contributed by atoms with E-state index < -0.39 is 0 Å². The summed E-state index contributed by atoms with van der Waals surface area (Å²) in [6.45, 7) is 5.22. The third kappa shape index (κ3) is 4.15. The molecule has 0 spiro atoms. The fourth-order valence-corrected chi connectivity index (χ4v) is 5.14. The zero-order valence-corrected chi connectivity index (χ0v) is 18.0. The average molecular weight is 440 g/mol. The summed E-state index contributed by atoms with van der Waals surface area (Å²) >= 11 is 4.78. The fourth-order valence-electron chi connectivity index (χ4n) is 4.65. The summed E-state index contributed by atoms with van der Waals surface area (Å²) in [6.07, 6.45) is 4.00. The number of nitrogens with zero attached hydrogens (tertiary/aromatic N) is 6. The molecule has 9 nitrogen and oxygen atoms in total. The van der Waals surface area contributed by atoms with Crippen molar-refractivity contribution in [3.8, 4) is 0 Å². The molecule has 3 aliphatic heterocycles. The molecule has 2 aromatic rings. The van der Waals surface area contributed by atoms with Crippen molar-refractivity contribution in [1.82, 2.24) is 30.1 Å². The summed E-state index contributed by atoms with van der Waals surface area (Å²) in [6, 6.07) is 6.23. The van der Waals surface area contributed by atoms with Crippen LogP contribution in [0, 0.1) is 0 Å².